The zero-order valence-corrected chi connectivity index (χ0v) is 13.8. The van der Waals surface area contributed by atoms with Crippen LogP contribution in [0.2, 0.25) is 0 Å². The van der Waals surface area contributed by atoms with E-state index in [4.69, 9.17) is 5.11 Å². The number of amides is 1. The first-order valence-corrected chi connectivity index (χ1v) is 8.76. The van der Waals surface area contributed by atoms with Crippen LogP contribution in [-0.4, -0.2) is 46.3 Å². The van der Waals surface area contributed by atoms with Crippen LogP contribution in [0.3, 0.4) is 0 Å². The molecule has 1 saturated carbocycles. The summed E-state index contributed by atoms with van der Waals surface area (Å²) in [5.41, 5.74) is 0.338. The van der Waals surface area contributed by atoms with Gasteiger partial charge in [0.15, 0.2) is 11.5 Å². The molecule has 1 aliphatic carbocycles. The molecule has 0 bridgehead atoms. The van der Waals surface area contributed by atoms with Crippen LogP contribution in [-0.2, 0) is 4.79 Å². The number of aromatic nitrogens is 2. The highest BCUT2D eigenvalue weighted by atomic mass is 16.4. The molecule has 1 aromatic rings. The highest BCUT2D eigenvalue weighted by molar-refractivity contribution is 5.92. The molecule has 0 unspecified atom stereocenters. The second-order valence-electron chi connectivity index (χ2n) is 6.68. The van der Waals surface area contributed by atoms with E-state index >= 15 is 0 Å². The molecule has 1 aromatic heterocycles. The molecule has 0 atom stereocenters. The standard InChI is InChI=1S/C17H24N4O3/c22-16(18-13-4-2-1-3-5-13)14-6-7-15(20-19-14)21-10-8-12(9-11-21)17(23)24/h6-7,12-13H,1-5,8-11H2,(H,18,22)(H,23,24). The SMILES string of the molecule is O=C(NC1CCCCC1)c1ccc(N2CCC(C(=O)O)CC2)nn1. The Bertz CT molecular complexity index is 576. The predicted octanol–water partition coefficient (Wildman–Crippen LogP) is 1.84. The lowest BCUT2D eigenvalue weighted by molar-refractivity contribution is -0.142. The summed E-state index contributed by atoms with van der Waals surface area (Å²) < 4.78 is 0. The number of anilines is 1. The summed E-state index contributed by atoms with van der Waals surface area (Å²) in [6.07, 6.45) is 6.89. The highest BCUT2D eigenvalue weighted by Crippen LogP contribution is 2.22. The topological polar surface area (TPSA) is 95.4 Å². The monoisotopic (exact) mass is 332 g/mol. The number of carboxylic acids is 1. The molecule has 1 amide bonds. The molecule has 1 aliphatic heterocycles. The van der Waals surface area contributed by atoms with Crippen LogP contribution in [0.15, 0.2) is 12.1 Å². The van der Waals surface area contributed by atoms with Crippen molar-refractivity contribution in [2.24, 2.45) is 5.92 Å². The fourth-order valence-electron chi connectivity index (χ4n) is 3.48. The molecular weight excluding hydrogens is 308 g/mol. The number of hydrogen-bond acceptors (Lipinski definition) is 5. The second kappa shape index (κ2) is 7.59. The molecule has 24 heavy (non-hydrogen) atoms. The number of carboxylic acid groups (broad SMARTS) is 1. The number of nitrogens with one attached hydrogen (secondary N) is 1. The van der Waals surface area contributed by atoms with E-state index < -0.39 is 5.97 Å². The molecule has 3 rings (SSSR count). The van der Waals surface area contributed by atoms with Crippen LogP contribution in [0.25, 0.3) is 0 Å². The maximum absolute atomic E-state index is 12.2. The van der Waals surface area contributed by atoms with E-state index in [1.807, 2.05) is 4.90 Å². The number of carbonyl (C=O) groups excluding carboxylic acids is 1. The maximum atomic E-state index is 12.2. The Labute approximate surface area is 141 Å². The van der Waals surface area contributed by atoms with Crippen molar-refractivity contribution in [3.8, 4) is 0 Å². The van der Waals surface area contributed by atoms with Crippen molar-refractivity contribution >= 4 is 17.7 Å². The van der Waals surface area contributed by atoms with Crippen molar-refractivity contribution < 1.29 is 14.7 Å². The van der Waals surface area contributed by atoms with Crippen LogP contribution in [0.5, 0.6) is 0 Å². The third kappa shape index (κ3) is 4.01. The third-order valence-electron chi connectivity index (χ3n) is 4.99. The van der Waals surface area contributed by atoms with Gasteiger partial charge in [-0.1, -0.05) is 19.3 Å². The zero-order chi connectivity index (χ0) is 16.9. The van der Waals surface area contributed by atoms with Crippen LogP contribution in [0.1, 0.15) is 55.4 Å². The van der Waals surface area contributed by atoms with Gasteiger partial charge in [-0.2, -0.15) is 0 Å². The lowest BCUT2D eigenvalue weighted by Gasteiger charge is -2.30. The average molecular weight is 332 g/mol. The molecule has 2 fully saturated rings. The summed E-state index contributed by atoms with van der Waals surface area (Å²) in [6, 6.07) is 3.75. The van der Waals surface area contributed by atoms with Crippen molar-refractivity contribution in [3.05, 3.63) is 17.8 Å². The maximum Gasteiger partial charge on any atom is 0.306 e. The Morgan fingerprint density at radius 3 is 2.33 bits per heavy atom. The van der Waals surface area contributed by atoms with Gasteiger partial charge < -0.3 is 15.3 Å². The van der Waals surface area contributed by atoms with Crippen LogP contribution in [0, 0.1) is 5.92 Å². The Morgan fingerprint density at radius 2 is 1.75 bits per heavy atom. The smallest absolute Gasteiger partial charge is 0.306 e. The number of piperidine rings is 1. The molecule has 2 aliphatic rings. The largest absolute Gasteiger partial charge is 0.481 e. The summed E-state index contributed by atoms with van der Waals surface area (Å²) in [6.45, 7) is 1.30. The van der Waals surface area contributed by atoms with Gasteiger partial charge in [0.25, 0.3) is 5.91 Å². The highest BCUT2D eigenvalue weighted by Gasteiger charge is 2.25. The fourth-order valence-corrected chi connectivity index (χ4v) is 3.48. The summed E-state index contributed by atoms with van der Waals surface area (Å²) in [5.74, 6) is -0.455. The molecule has 7 nitrogen and oxygen atoms in total. The number of rotatable bonds is 4. The van der Waals surface area contributed by atoms with Crippen LogP contribution >= 0.6 is 0 Å². The molecule has 7 heteroatoms. The molecule has 0 radical (unpaired) electrons. The molecular formula is C17H24N4O3. The average Bonchev–Trinajstić information content (AvgIpc) is 2.63. The Kier molecular flexibility index (Phi) is 5.27. The van der Waals surface area contributed by atoms with Gasteiger partial charge in [-0.25, -0.2) is 0 Å². The van der Waals surface area contributed by atoms with E-state index in [9.17, 15) is 9.59 Å². The molecule has 2 N–H and O–H groups in total. The first kappa shape index (κ1) is 16.7. The van der Waals surface area contributed by atoms with Gasteiger partial charge in [0, 0.05) is 19.1 Å². The van der Waals surface area contributed by atoms with Gasteiger partial charge in [0.1, 0.15) is 0 Å². The normalized spacial score (nSPS) is 19.9. The van der Waals surface area contributed by atoms with E-state index in [0.29, 0.717) is 37.4 Å². The van der Waals surface area contributed by atoms with Gasteiger partial charge in [0.05, 0.1) is 5.92 Å². The number of carbonyl (C=O) groups is 2. The van der Waals surface area contributed by atoms with Gasteiger partial charge in [-0.05, 0) is 37.8 Å². The lowest BCUT2D eigenvalue weighted by atomic mass is 9.95. The van der Waals surface area contributed by atoms with E-state index in [0.717, 1.165) is 12.8 Å². The predicted molar refractivity (Wildman–Crippen MR) is 88.9 cm³/mol. The Morgan fingerprint density at radius 1 is 1.04 bits per heavy atom. The minimum absolute atomic E-state index is 0.162. The van der Waals surface area contributed by atoms with Crippen molar-refractivity contribution in [1.29, 1.82) is 0 Å². The lowest BCUT2D eigenvalue weighted by Crippen LogP contribution is -2.38. The van der Waals surface area contributed by atoms with Gasteiger partial charge in [-0.15, -0.1) is 10.2 Å². The summed E-state index contributed by atoms with van der Waals surface area (Å²) in [7, 11) is 0. The molecule has 130 valence electrons. The third-order valence-corrected chi connectivity index (χ3v) is 4.99. The van der Waals surface area contributed by atoms with E-state index in [1.165, 1.54) is 19.3 Å². The molecule has 0 aromatic carbocycles. The van der Waals surface area contributed by atoms with Crippen molar-refractivity contribution in [2.75, 3.05) is 18.0 Å². The quantitative estimate of drug-likeness (QED) is 0.873. The van der Waals surface area contributed by atoms with E-state index in [1.54, 1.807) is 12.1 Å². The minimum Gasteiger partial charge on any atom is -0.481 e. The van der Waals surface area contributed by atoms with Crippen LogP contribution < -0.4 is 10.2 Å². The van der Waals surface area contributed by atoms with E-state index in [-0.39, 0.29) is 17.9 Å². The zero-order valence-electron chi connectivity index (χ0n) is 13.8. The summed E-state index contributed by atoms with van der Waals surface area (Å²) in [5, 5.41) is 20.3. The van der Waals surface area contributed by atoms with E-state index in [2.05, 4.69) is 15.5 Å². The van der Waals surface area contributed by atoms with Crippen LogP contribution in [0.4, 0.5) is 5.82 Å². The summed E-state index contributed by atoms with van der Waals surface area (Å²) >= 11 is 0. The summed E-state index contributed by atoms with van der Waals surface area (Å²) in [4.78, 5) is 25.2. The number of nitrogens with zero attached hydrogens (tertiary/aromatic N) is 3. The first-order chi connectivity index (χ1) is 11.6. The second-order valence-corrected chi connectivity index (χ2v) is 6.68. The number of aliphatic carboxylic acids is 1. The Hall–Kier alpha value is -2.18. The van der Waals surface area contributed by atoms with Gasteiger partial charge in [-0.3, -0.25) is 9.59 Å². The fraction of sp³-hybridized carbons (Fsp3) is 0.647. The van der Waals surface area contributed by atoms with Crippen molar-refractivity contribution in [1.82, 2.24) is 15.5 Å². The Balaban J connectivity index is 1.55. The minimum atomic E-state index is -0.726. The first-order valence-electron chi connectivity index (χ1n) is 8.76. The van der Waals surface area contributed by atoms with Crippen molar-refractivity contribution in [3.63, 3.8) is 0 Å². The number of hydrogen-bond donors (Lipinski definition) is 2. The molecule has 1 saturated heterocycles. The molecule has 0 spiro atoms. The van der Waals surface area contributed by atoms with Crippen molar-refractivity contribution in [2.45, 2.75) is 51.0 Å². The van der Waals surface area contributed by atoms with Gasteiger partial charge >= 0.3 is 5.97 Å². The van der Waals surface area contributed by atoms with Gasteiger partial charge in [0.2, 0.25) is 0 Å². The molecule has 2 heterocycles.